The average molecular weight is 270 g/mol. The van der Waals surface area contributed by atoms with Gasteiger partial charge in [-0.15, -0.1) is 0 Å². The van der Waals surface area contributed by atoms with Crippen LogP contribution in [0.4, 0.5) is 5.95 Å². The van der Waals surface area contributed by atoms with E-state index in [0.717, 1.165) is 23.9 Å². The smallest absolute Gasteiger partial charge is 0.322 e. The number of nitrogens with zero attached hydrogens (tertiary/aromatic N) is 3. The summed E-state index contributed by atoms with van der Waals surface area (Å²) in [6.45, 7) is 9.69. The molecule has 1 atom stereocenters. The minimum Gasteiger partial charge on any atom is -0.464 e. The third-order valence-electron chi connectivity index (χ3n) is 2.40. The number of aromatic nitrogens is 3. The lowest BCUT2D eigenvalue weighted by molar-refractivity contribution is 0.308. The van der Waals surface area contributed by atoms with Gasteiger partial charge in [0.05, 0.1) is 6.61 Å². The zero-order chi connectivity index (χ0) is 13.4. The normalized spacial score (nSPS) is 12.2. The Morgan fingerprint density at radius 1 is 1.22 bits per heavy atom. The Bertz CT molecular complexity index is 338. The van der Waals surface area contributed by atoms with Gasteiger partial charge in [0.25, 0.3) is 0 Å². The summed E-state index contributed by atoms with van der Waals surface area (Å²) in [6, 6.07) is 0.398. The SMILES string of the molecule is CCNc1nc(OCC)nc(SCC(C)CC)n1. The van der Waals surface area contributed by atoms with E-state index in [1.807, 2.05) is 13.8 Å². The topological polar surface area (TPSA) is 59.9 Å². The highest BCUT2D eigenvalue weighted by atomic mass is 32.2. The summed E-state index contributed by atoms with van der Waals surface area (Å²) in [5, 5.41) is 3.82. The maximum atomic E-state index is 5.35. The number of nitrogens with one attached hydrogen (secondary N) is 1. The van der Waals surface area contributed by atoms with Crippen LogP contribution in [0.5, 0.6) is 6.01 Å². The molecule has 1 aromatic rings. The van der Waals surface area contributed by atoms with E-state index in [2.05, 4.69) is 34.1 Å². The minimum atomic E-state index is 0.398. The molecule has 6 heteroatoms. The Labute approximate surface area is 113 Å². The molecular formula is C12H22N4OS. The van der Waals surface area contributed by atoms with E-state index >= 15 is 0 Å². The molecule has 0 bridgehead atoms. The average Bonchev–Trinajstić information content (AvgIpc) is 2.36. The van der Waals surface area contributed by atoms with Crippen molar-refractivity contribution in [3.8, 4) is 6.01 Å². The van der Waals surface area contributed by atoms with Gasteiger partial charge in [-0.1, -0.05) is 32.0 Å². The van der Waals surface area contributed by atoms with Crippen molar-refractivity contribution in [2.24, 2.45) is 5.92 Å². The largest absolute Gasteiger partial charge is 0.464 e. The molecule has 0 aliphatic heterocycles. The summed E-state index contributed by atoms with van der Waals surface area (Å²) < 4.78 is 5.35. The lowest BCUT2D eigenvalue weighted by Gasteiger charge is -2.09. The molecule has 0 aromatic carbocycles. The second-order valence-electron chi connectivity index (χ2n) is 4.01. The van der Waals surface area contributed by atoms with Crippen LogP contribution in [-0.4, -0.2) is 33.9 Å². The monoisotopic (exact) mass is 270 g/mol. The van der Waals surface area contributed by atoms with Gasteiger partial charge in [0.1, 0.15) is 0 Å². The second kappa shape index (κ2) is 8.13. The van der Waals surface area contributed by atoms with Crippen LogP contribution in [0.3, 0.4) is 0 Å². The molecule has 1 heterocycles. The van der Waals surface area contributed by atoms with Gasteiger partial charge in [-0.25, -0.2) is 0 Å². The van der Waals surface area contributed by atoms with Crippen LogP contribution >= 0.6 is 11.8 Å². The molecule has 0 saturated heterocycles. The first-order valence-electron chi connectivity index (χ1n) is 6.45. The Hall–Kier alpha value is -1.04. The number of thioether (sulfide) groups is 1. The standard InChI is InChI=1S/C12H22N4OS/c1-5-9(4)8-18-12-15-10(13-6-2)14-11(16-12)17-7-3/h9H,5-8H2,1-4H3,(H,13,14,15,16). The van der Waals surface area contributed by atoms with E-state index in [4.69, 9.17) is 4.74 Å². The molecule has 5 nitrogen and oxygen atoms in total. The van der Waals surface area contributed by atoms with Gasteiger partial charge < -0.3 is 10.1 Å². The molecule has 0 aliphatic carbocycles. The molecule has 0 radical (unpaired) electrons. The fourth-order valence-corrected chi connectivity index (χ4v) is 2.13. The summed E-state index contributed by atoms with van der Waals surface area (Å²) in [6.07, 6.45) is 1.16. The highest BCUT2D eigenvalue weighted by Crippen LogP contribution is 2.21. The summed E-state index contributed by atoms with van der Waals surface area (Å²) in [5.74, 6) is 2.25. The van der Waals surface area contributed by atoms with Crippen molar-refractivity contribution in [2.75, 3.05) is 24.2 Å². The number of hydrogen-bond acceptors (Lipinski definition) is 6. The molecule has 0 spiro atoms. The van der Waals surface area contributed by atoms with Crippen molar-refractivity contribution < 1.29 is 4.74 Å². The molecule has 18 heavy (non-hydrogen) atoms. The molecule has 102 valence electrons. The molecule has 1 N–H and O–H groups in total. The van der Waals surface area contributed by atoms with Gasteiger partial charge in [0, 0.05) is 12.3 Å². The predicted octanol–water partition coefficient (Wildman–Crippen LogP) is 2.84. The quantitative estimate of drug-likeness (QED) is 0.733. The summed E-state index contributed by atoms with van der Waals surface area (Å²) in [4.78, 5) is 12.8. The van der Waals surface area contributed by atoms with Crippen LogP contribution in [0.25, 0.3) is 0 Å². The van der Waals surface area contributed by atoms with Gasteiger partial charge in [0.15, 0.2) is 5.16 Å². The second-order valence-corrected chi connectivity index (χ2v) is 5.00. The van der Waals surface area contributed by atoms with Crippen LogP contribution in [0.2, 0.25) is 0 Å². The van der Waals surface area contributed by atoms with Gasteiger partial charge >= 0.3 is 6.01 Å². The zero-order valence-electron chi connectivity index (χ0n) is 11.6. The van der Waals surface area contributed by atoms with Crippen LogP contribution in [-0.2, 0) is 0 Å². The van der Waals surface area contributed by atoms with E-state index in [-0.39, 0.29) is 0 Å². The van der Waals surface area contributed by atoms with Crippen molar-refractivity contribution in [1.82, 2.24) is 15.0 Å². The fourth-order valence-electron chi connectivity index (χ4n) is 1.17. The van der Waals surface area contributed by atoms with Gasteiger partial charge in [0.2, 0.25) is 5.95 Å². The van der Waals surface area contributed by atoms with Crippen LogP contribution in [0.15, 0.2) is 5.16 Å². The third-order valence-corrected chi connectivity index (χ3v) is 3.57. The van der Waals surface area contributed by atoms with E-state index in [1.54, 1.807) is 11.8 Å². The van der Waals surface area contributed by atoms with E-state index in [9.17, 15) is 0 Å². The maximum Gasteiger partial charge on any atom is 0.322 e. The van der Waals surface area contributed by atoms with Crippen LogP contribution in [0, 0.1) is 5.92 Å². The van der Waals surface area contributed by atoms with E-state index in [1.165, 1.54) is 0 Å². The summed E-state index contributed by atoms with van der Waals surface area (Å²) >= 11 is 1.65. The fraction of sp³-hybridized carbons (Fsp3) is 0.750. The molecule has 1 aromatic heterocycles. The van der Waals surface area contributed by atoms with Crippen LogP contribution in [0.1, 0.15) is 34.1 Å². The highest BCUT2D eigenvalue weighted by molar-refractivity contribution is 7.99. The van der Waals surface area contributed by atoms with Crippen molar-refractivity contribution in [1.29, 1.82) is 0 Å². The Morgan fingerprint density at radius 2 is 2.00 bits per heavy atom. The van der Waals surface area contributed by atoms with E-state index < -0.39 is 0 Å². The Balaban J connectivity index is 2.75. The maximum absolute atomic E-state index is 5.35. The lowest BCUT2D eigenvalue weighted by Crippen LogP contribution is -2.08. The highest BCUT2D eigenvalue weighted by Gasteiger charge is 2.09. The molecule has 0 amide bonds. The first-order valence-corrected chi connectivity index (χ1v) is 7.43. The molecule has 1 rings (SSSR count). The van der Waals surface area contributed by atoms with Gasteiger partial charge in [-0.2, -0.15) is 15.0 Å². The predicted molar refractivity (Wildman–Crippen MR) is 75.3 cm³/mol. The summed E-state index contributed by atoms with van der Waals surface area (Å²) in [7, 11) is 0. The Morgan fingerprint density at radius 3 is 2.61 bits per heavy atom. The first kappa shape index (κ1) is 15.0. The first-order chi connectivity index (χ1) is 8.69. The number of anilines is 1. The van der Waals surface area contributed by atoms with Crippen molar-refractivity contribution in [2.45, 2.75) is 39.3 Å². The number of hydrogen-bond donors (Lipinski definition) is 1. The number of ether oxygens (including phenoxy) is 1. The molecule has 1 unspecified atom stereocenters. The Kier molecular flexibility index (Phi) is 6.78. The van der Waals surface area contributed by atoms with Crippen molar-refractivity contribution in [3.05, 3.63) is 0 Å². The van der Waals surface area contributed by atoms with E-state index in [0.29, 0.717) is 24.5 Å². The van der Waals surface area contributed by atoms with Crippen molar-refractivity contribution in [3.63, 3.8) is 0 Å². The third kappa shape index (κ3) is 5.08. The minimum absolute atomic E-state index is 0.398. The summed E-state index contributed by atoms with van der Waals surface area (Å²) in [5.41, 5.74) is 0. The number of rotatable bonds is 8. The molecule has 0 aliphatic rings. The van der Waals surface area contributed by atoms with Gasteiger partial charge in [-0.3, -0.25) is 0 Å². The molecule has 0 saturated carbocycles. The molecular weight excluding hydrogens is 248 g/mol. The zero-order valence-corrected chi connectivity index (χ0v) is 12.4. The van der Waals surface area contributed by atoms with Crippen LogP contribution < -0.4 is 10.1 Å². The van der Waals surface area contributed by atoms with Crippen molar-refractivity contribution >= 4 is 17.7 Å². The molecule has 0 fully saturated rings. The van der Waals surface area contributed by atoms with Gasteiger partial charge in [-0.05, 0) is 19.8 Å². The lowest BCUT2D eigenvalue weighted by atomic mass is 10.2.